The number of nitrogens with zero attached hydrogens (tertiary/aromatic N) is 2. The molecule has 0 radical (unpaired) electrons. The predicted octanol–water partition coefficient (Wildman–Crippen LogP) is 3.99. The maximum atomic E-state index is 12.5. The van der Waals surface area contributed by atoms with Crippen molar-refractivity contribution in [3.63, 3.8) is 0 Å². The molecule has 0 atom stereocenters. The highest BCUT2D eigenvalue weighted by Gasteiger charge is 2.19. The molecule has 1 heterocycles. The predicted molar refractivity (Wildman–Crippen MR) is 130 cm³/mol. The molecule has 0 saturated heterocycles. The lowest BCUT2D eigenvalue weighted by atomic mass is 9.99. The van der Waals surface area contributed by atoms with Crippen LogP contribution in [0.3, 0.4) is 0 Å². The molecule has 2 aromatic rings. The summed E-state index contributed by atoms with van der Waals surface area (Å²) in [5, 5.41) is 7.25. The number of carbonyl (C=O) groups excluding carboxylic acids is 1. The third-order valence-corrected chi connectivity index (χ3v) is 5.15. The molecule has 0 spiro atoms. The van der Waals surface area contributed by atoms with Gasteiger partial charge in [0, 0.05) is 44.7 Å². The molecule has 0 saturated carbocycles. The molecule has 2 N–H and O–H groups in total. The summed E-state index contributed by atoms with van der Waals surface area (Å²) in [4.78, 5) is 18.7. The van der Waals surface area contributed by atoms with Crippen molar-refractivity contribution in [2.45, 2.75) is 32.4 Å². The zero-order chi connectivity index (χ0) is 19.8. The number of fused-ring (bicyclic) bond motifs is 1. The van der Waals surface area contributed by atoms with E-state index in [0.717, 1.165) is 42.5 Å². The Morgan fingerprint density at radius 3 is 2.69 bits per heavy atom. The molecule has 1 aliphatic heterocycles. The molecular formula is C22H28ClIN4O. The van der Waals surface area contributed by atoms with Crippen molar-refractivity contribution < 1.29 is 4.79 Å². The lowest BCUT2D eigenvalue weighted by Crippen LogP contribution is -2.38. The van der Waals surface area contributed by atoms with E-state index in [4.69, 9.17) is 11.6 Å². The summed E-state index contributed by atoms with van der Waals surface area (Å²) in [5.74, 6) is 0.942. The van der Waals surface area contributed by atoms with Gasteiger partial charge in [-0.3, -0.25) is 9.79 Å². The molecule has 5 nitrogen and oxygen atoms in total. The van der Waals surface area contributed by atoms with E-state index in [1.807, 2.05) is 35.2 Å². The molecule has 1 aliphatic rings. The Balaban J connectivity index is 0.00000300. The van der Waals surface area contributed by atoms with Crippen LogP contribution in [0.2, 0.25) is 5.02 Å². The number of carbonyl (C=O) groups is 1. The molecule has 0 fully saturated rings. The van der Waals surface area contributed by atoms with Crippen LogP contribution in [0, 0.1) is 0 Å². The normalized spacial score (nSPS) is 13.3. The maximum absolute atomic E-state index is 12.5. The first-order chi connectivity index (χ1) is 13.7. The van der Waals surface area contributed by atoms with Gasteiger partial charge in [0.15, 0.2) is 5.96 Å². The summed E-state index contributed by atoms with van der Waals surface area (Å²) < 4.78 is 0. The van der Waals surface area contributed by atoms with Crippen LogP contribution < -0.4 is 10.6 Å². The SMILES string of the molecule is CN=C(NCCCC(=O)N1CCc2ccccc2C1)NCc1cccc(Cl)c1.I. The van der Waals surface area contributed by atoms with Gasteiger partial charge in [0.05, 0.1) is 0 Å². The first kappa shape index (κ1) is 23.5. The molecule has 2 aromatic carbocycles. The second-order valence-electron chi connectivity index (χ2n) is 6.92. The Morgan fingerprint density at radius 1 is 1.14 bits per heavy atom. The fraction of sp³-hybridized carbons (Fsp3) is 0.364. The Hall–Kier alpha value is -1.80. The number of nitrogens with one attached hydrogen (secondary N) is 2. The third kappa shape index (κ3) is 7.19. The van der Waals surface area contributed by atoms with Gasteiger partial charge in [-0.15, -0.1) is 24.0 Å². The van der Waals surface area contributed by atoms with Crippen molar-refractivity contribution in [1.82, 2.24) is 15.5 Å². The Bertz CT molecular complexity index is 843. The highest BCUT2D eigenvalue weighted by molar-refractivity contribution is 14.0. The molecule has 7 heteroatoms. The van der Waals surface area contributed by atoms with Crippen LogP contribution in [0.4, 0.5) is 0 Å². The minimum Gasteiger partial charge on any atom is -0.356 e. The molecular weight excluding hydrogens is 499 g/mol. The first-order valence-electron chi connectivity index (χ1n) is 9.69. The first-order valence-corrected chi connectivity index (χ1v) is 10.1. The average molecular weight is 527 g/mol. The van der Waals surface area contributed by atoms with Gasteiger partial charge in [0.2, 0.25) is 5.91 Å². The van der Waals surface area contributed by atoms with Crippen molar-refractivity contribution in [3.8, 4) is 0 Å². The van der Waals surface area contributed by atoms with Gasteiger partial charge in [-0.05, 0) is 41.7 Å². The monoisotopic (exact) mass is 526 g/mol. The second kappa shape index (κ2) is 12.0. The molecule has 0 unspecified atom stereocenters. The third-order valence-electron chi connectivity index (χ3n) is 4.92. The van der Waals surface area contributed by atoms with Crippen molar-refractivity contribution in [1.29, 1.82) is 0 Å². The lowest BCUT2D eigenvalue weighted by Gasteiger charge is -2.29. The number of benzene rings is 2. The van der Waals surface area contributed by atoms with Crippen LogP contribution in [0.25, 0.3) is 0 Å². The highest BCUT2D eigenvalue weighted by atomic mass is 127. The van der Waals surface area contributed by atoms with E-state index >= 15 is 0 Å². The Labute approximate surface area is 194 Å². The lowest BCUT2D eigenvalue weighted by molar-refractivity contribution is -0.132. The van der Waals surface area contributed by atoms with Gasteiger partial charge >= 0.3 is 0 Å². The average Bonchev–Trinajstić information content (AvgIpc) is 2.72. The number of aliphatic imine (C=N–C) groups is 1. The molecule has 0 bridgehead atoms. The van der Waals surface area contributed by atoms with Crippen molar-refractivity contribution in [2.24, 2.45) is 4.99 Å². The number of halogens is 2. The fourth-order valence-corrected chi connectivity index (χ4v) is 3.58. The fourth-order valence-electron chi connectivity index (χ4n) is 3.37. The number of guanidine groups is 1. The number of amides is 1. The van der Waals surface area contributed by atoms with Crippen LogP contribution in [-0.4, -0.2) is 36.9 Å². The Morgan fingerprint density at radius 2 is 1.93 bits per heavy atom. The highest BCUT2D eigenvalue weighted by Crippen LogP contribution is 2.19. The van der Waals surface area contributed by atoms with Crippen molar-refractivity contribution >= 4 is 47.4 Å². The Kier molecular flexibility index (Phi) is 9.73. The van der Waals surface area contributed by atoms with E-state index in [-0.39, 0.29) is 29.9 Å². The van der Waals surface area contributed by atoms with Gasteiger partial charge in [0.1, 0.15) is 0 Å². The van der Waals surface area contributed by atoms with Crippen LogP contribution in [0.1, 0.15) is 29.5 Å². The molecule has 1 amide bonds. The summed E-state index contributed by atoms with van der Waals surface area (Å²) in [6.07, 6.45) is 2.26. The van der Waals surface area contributed by atoms with E-state index in [2.05, 4.69) is 33.8 Å². The van der Waals surface area contributed by atoms with Crippen molar-refractivity contribution in [2.75, 3.05) is 20.1 Å². The molecule has 0 aromatic heterocycles. The summed E-state index contributed by atoms with van der Waals surface area (Å²) in [5.41, 5.74) is 3.73. The van der Waals surface area contributed by atoms with Gasteiger partial charge in [-0.25, -0.2) is 0 Å². The van der Waals surface area contributed by atoms with Crippen LogP contribution >= 0.6 is 35.6 Å². The molecule has 29 heavy (non-hydrogen) atoms. The number of hydrogen-bond acceptors (Lipinski definition) is 2. The molecule has 0 aliphatic carbocycles. The van der Waals surface area contributed by atoms with Crippen molar-refractivity contribution in [3.05, 3.63) is 70.2 Å². The number of hydrogen-bond donors (Lipinski definition) is 2. The van der Waals surface area contributed by atoms with E-state index in [0.29, 0.717) is 19.5 Å². The van der Waals surface area contributed by atoms with Crippen LogP contribution in [0.5, 0.6) is 0 Å². The van der Waals surface area contributed by atoms with Crippen LogP contribution in [0.15, 0.2) is 53.5 Å². The summed E-state index contributed by atoms with van der Waals surface area (Å²) >= 11 is 6.01. The zero-order valence-corrected chi connectivity index (χ0v) is 19.7. The van der Waals surface area contributed by atoms with Gasteiger partial charge in [-0.1, -0.05) is 48.0 Å². The summed E-state index contributed by atoms with van der Waals surface area (Å²) in [7, 11) is 1.74. The van der Waals surface area contributed by atoms with Gasteiger partial charge < -0.3 is 15.5 Å². The zero-order valence-electron chi connectivity index (χ0n) is 16.7. The van der Waals surface area contributed by atoms with E-state index in [1.165, 1.54) is 11.1 Å². The second-order valence-corrected chi connectivity index (χ2v) is 7.36. The largest absolute Gasteiger partial charge is 0.356 e. The minimum atomic E-state index is 0. The van der Waals surface area contributed by atoms with E-state index < -0.39 is 0 Å². The summed E-state index contributed by atoms with van der Waals surface area (Å²) in [6, 6.07) is 16.1. The summed E-state index contributed by atoms with van der Waals surface area (Å²) in [6.45, 7) is 2.88. The standard InChI is InChI=1S/C22H27ClN4O.HI/c1-24-22(26-15-17-6-4-9-20(23)14-17)25-12-5-10-21(28)27-13-11-18-7-2-3-8-19(18)16-27;/h2-4,6-9,14H,5,10-13,15-16H2,1H3,(H2,24,25,26);1H. The van der Waals surface area contributed by atoms with E-state index in [9.17, 15) is 4.79 Å². The van der Waals surface area contributed by atoms with E-state index in [1.54, 1.807) is 7.05 Å². The quantitative estimate of drug-likeness (QED) is 0.259. The topological polar surface area (TPSA) is 56.7 Å². The smallest absolute Gasteiger partial charge is 0.222 e. The van der Waals surface area contributed by atoms with Gasteiger partial charge in [0.25, 0.3) is 0 Å². The minimum absolute atomic E-state index is 0. The number of rotatable bonds is 6. The van der Waals surface area contributed by atoms with Crippen LogP contribution in [-0.2, 0) is 24.3 Å². The maximum Gasteiger partial charge on any atom is 0.222 e. The molecule has 3 rings (SSSR count). The molecule has 156 valence electrons. The van der Waals surface area contributed by atoms with Gasteiger partial charge in [-0.2, -0.15) is 0 Å².